The average molecular weight is 217 g/mol. The Morgan fingerprint density at radius 1 is 1.44 bits per heavy atom. The molecule has 1 heterocycles. The summed E-state index contributed by atoms with van der Waals surface area (Å²) in [6.07, 6.45) is 1.96. The molecule has 5 nitrogen and oxygen atoms in total. The van der Waals surface area contributed by atoms with Crippen LogP contribution < -0.4 is 5.73 Å². The first-order valence-corrected chi connectivity index (χ1v) is 5.34. The number of hydrogen-bond donors (Lipinski definition) is 2. The van der Waals surface area contributed by atoms with Gasteiger partial charge >= 0.3 is 0 Å². The second-order valence-electron chi connectivity index (χ2n) is 3.95. The molecular formula is C11H15N5. The Morgan fingerprint density at radius 3 is 3.00 bits per heavy atom. The number of hydrogen-bond acceptors (Lipinski definition) is 4. The van der Waals surface area contributed by atoms with E-state index < -0.39 is 0 Å². The molecule has 1 atom stereocenters. The Morgan fingerprint density at radius 2 is 2.31 bits per heavy atom. The molecule has 0 aliphatic heterocycles. The van der Waals surface area contributed by atoms with Gasteiger partial charge in [-0.25, -0.2) is 0 Å². The predicted molar refractivity (Wildman–Crippen MR) is 61.6 cm³/mol. The van der Waals surface area contributed by atoms with Crippen LogP contribution in [0.25, 0.3) is 11.4 Å². The van der Waals surface area contributed by atoms with Crippen LogP contribution in [0.2, 0.25) is 0 Å². The Kier molecular flexibility index (Phi) is 3.26. The number of aryl methyl sites for hydroxylation is 1. The standard InChI is InChI=1S/C11H15N5/c1-8(12)5-6-9-3-2-4-10(7-9)11-13-15-16-14-11/h2-4,7-8H,5-6,12H2,1H3,(H,13,14,15,16). The minimum absolute atomic E-state index is 0.230. The second-order valence-corrected chi connectivity index (χ2v) is 3.95. The molecule has 0 aliphatic carbocycles. The fourth-order valence-electron chi connectivity index (χ4n) is 1.54. The summed E-state index contributed by atoms with van der Waals surface area (Å²) in [5, 5.41) is 13.9. The molecule has 0 fully saturated rings. The van der Waals surface area contributed by atoms with Crippen molar-refractivity contribution >= 4 is 0 Å². The lowest BCUT2D eigenvalue weighted by molar-refractivity contribution is 0.666. The van der Waals surface area contributed by atoms with E-state index in [0.717, 1.165) is 18.4 Å². The molecule has 0 saturated heterocycles. The van der Waals surface area contributed by atoms with E-state index in [9.17, 15) is 0 Å². The third-order valence-corrected chi connectivity index (χ3v) is 2.42. The van der Waals surface area contributed by atoms with Crippen molar-refractivity contribution in [2.75, 3.05) is 0 Å². The number of aromatic amines is 1. The number of nitrogens with two attached hydrogens (primary N) is 1. The summed E-state index contributed by atoms with van der Waals surface area (Å²) < 4.78 is 0. The van der Waals surface area contributed by atoms with Crippen LogP contribution in [0.15, 0.2) is 24.3 Å². The van der Waals surface area contributed by atoms with Crippen molar-refractivity contribution in [2.24, 2.45) is 5.73 Å². The van der Waals surface area contributed by atoms with Gasteiger partial charge < -0.3 is 5.73 Å². The highest BCUT2D eigenvalue weighted by Crippen LogP contribution is 2.16. The van der Waals surface area contributed by atoms with E-state index in [1.807, 2.05) is 19.1 Å². The maximum Gasteiger partial charge on any atom is 0.204 e. The monoisotopic (exact) mass is 217 g/mol. The summed E-state index contributed by atoms with van der Waals surface area (Å²) in [4.78, 5) is 0. The SMILES string of the molecule is CC(N)CCc1cccc(-c2nn[nH]n2)c1. The minimum atomic E-state index is 0.230. The highest BCUT2D eigenvalue weighted by molar-refractivity contribution is 5.54. The van der Waals surface area contributed by atoms with E-state index in [0.29, 0.717) is 5.82 Å². The van der Waals surface area contributed by atoms with Gasteiger partial charge in [0.1, 0.15) is 0 Å². The molecular weight excluding hydrogens is 202 g/mol. The molecule has 0 amide bonds. The topological polar surface area (TPSA) is 80.5 Å². The number of rotatable bonds is 4. The Hall–Kier alpha value is -1.75. The first-order chi connectivity index (χ1) is 7.75. The maximum absolute atomic E-state index is 5.73. The lowest BCUT2D eigenvalue weighted by atomic mass is 10.0. The summed E-state index contributed by atoms with van der Waals surface area (Å²) >= 11 is 0. The molecule has 5 heteroatoms. The number of nitrogens with one attached hydrogen (secondary N) is 1. The van der Waals surface area contributed by atoms with Crippen molar-refractivity contribution in [1.82, 2.24) is 20.6 Å². The van der Waals surface area contributed by atoms with Gasteiger partial charge in [0.15, 0.2) is 0 Å². The van der Waals surface area contributed by atoms with E-state index >= 15 is 0 Å². The highest BCUT2D eigenvalue weighted by Gasteiger charge is 2.04. The minimum Gasteiger partial charge on any atom is -0.328 e. The molecule has 0 bridgehead atoms. The van der Waals surface area contributed by atoms with Crippen LogP contribution in [0, 0.1) is 0 Å². The van der Waals surface area contributed by atoms with Crippen LogP contribution >= 0.6 is 0 Å². The van der Waals surface area contributed by atoms with E-state index in [1.165, 1.54) is 5.56 Å². The van der Waals surface area contributed by atoms with Crippen LogP contribution in [0.5, 0.6) is 0 Å². The van der Waals surface area contributed by atoms with E-state index in [2.05, 4.69) is 32.8 Å². The van der Waals surface area contributed by atoms with Crippen molar-refractivity contribution in [3.63, 3.8) is 0 Å². The quantitative estimate of drug-likeness (QED) is 0.805. The molecule has 2 rings (SSSR count). The molecule has 1 aromatic heterocycles. The molecule has 0 aliphatic rings. The molecule has 84 valence electrons. The number of nitrogens with zero attached hydrogens (tertiary/aromatic N) is 3. The van der Waals surface area contributed by atoms with Crippen LogP contribution in [0.1, 0.15) is 18.9 Å². The molecule has 16 heavy (non-hydrogen) atoms. The fourth-order valence-corrected chi connectivity index (χ4v) is 1.54. The molecule has 1 aromatic carbocycles. The van der Waals surface area contributed by atoms with Crippen LogP contribution in [-0.4, -0.2) is 26.7 Å². The first kappa shape index (κ1) is 10.8. The summed E-state index contributed by atoms with van der Waals surface area (Å²) in [5.74, 6) is 0.627. The van der Waals surface area contributed by atoms with Crippen molar-refractivity contribution in [3.8, 4) is 11.4 Å². The van der Waals surface area contributed by atoms with Gasteiger partial charge in [-0.1, -0.05) is 18.2 Å². The Balaban J connectivity index is 2.14. The zero-order valence-electron chi connectivity index (χ0n) is 9.22. The molecule has 3 N–H and O–H groups in total. The van der Waals surface area contributed by atoms with Gasteiger partial charge in [-0.2, -0.15) is 5.21 Å². The number of benzene rings is 1. The van der Waals surface area contributed by atoms with Crippen molar-refractivity contribution in [2.45, 2.75) is 25.8 Å². The van der Waals surface area contributed by atoms with Crippen molar-refractivity contribution < 1.29 is 0 Å². The zero-order chi connectivity index (χ0) is 11.4. The summed E-state index contributed by atoms with van der Waals surface area (Å²) in [6.45, 7) is 2.02. The van der Waals surface area contributed by atoms with E-state index in [1.54, 1.807) is 0 Å². The zero-order valence-corrected chi connectivity index (χ0v) is 9.22. The first-order valence-electron chi connectivity index (χ1n) is 5.34. The van der Waals surface area contributed by atoms with Gasteiger partial charge in [-0.05, 0) is 36.6 Å². The molecule has 2 aromatic rings. The molecule has 1 unspecified atom stereocenters. The third kappa shape index (κ3) is 2.64. The van der Waals surface area contributed by atoms with Gasteiger partial charge in [-0.3, -0.25) is 0 Å². The summed E-state index contributed by atoms with van der Waals surface area (Å²) in [5.41, 5.74) is 7.97. The molecule has 0 radical (unpaired) electrons. The second kappa shape index (κ2) is 4.85. The van der Waals surface area contributed by atoms with Gasteiger partial charge in [0, 0.05) is 11.6 Å². The van der Waals surface area contributed by atoms with Crippen LogP contribution in [0.3, 0.4) is 0 Å². The largest absolute Gasteiger partial charge is 0.328 e. The van der Waals surface area contributed by atoms with Gasteiger partial charge in [-0.15, -0.1) is 10.2 Å². The van der Waals surface area contributed by atoms with Gasteiger partial charge in [0.05, 0.1) is 0 Å². The number of aromatic nitrogens is 4. The average Bonchev–Trinajstić information content (AvgIpc) is 2.80. The van der Waals surface area contributed by atoms with Gasteiger partial charge in [0.2, 0.25) is 5.82 Å². The number of H-pyrrole nitrogens is 1. The van der Waals surface area contributed by atoms with Gasteiger partial charge in [0.25, 0.3) is 0 Å². The molecule has 0 spiro atoms. The van der Waals surface area contributed by atoms with E-state index in [-0.39, 0.29) is 6.04 Å². The Labute approximate surface area is 94.1 Å². The Bertz CT molecular complexity index is 435. The van der Waals surface area contributed by atoms with Crippen molar-refractivity contribution in [3.05, 3.63) is 29.8 Å². The summed E-state index contributed by atoms with van der Waals surface area (Å²) in [6, 6.07) is 8.37. The third-order valence-electron chi connectivity index (χ3n) is 2.42. The van der Waals surface area contributed by atoms with Crippen LogP contribution in [0.4, 0.5) is 0 Å². The maximum atomic E-state index is 5.73. The van der Waals surface area contributed by atoms with Crippen LogP contribution in [-0.2, 0) is 6.42 Å². The smallest absolute Gasteiger partial charge is 0.204 e. The highest BCUT2D eigenvalue weighted by atomic mass is 15.5. The summed E-state index contributed by atoms with van der Waals surface area (Å²) in [7, 11) is 0. The van der Waals surface area contributed by atoms with E-state index in [4.69, 9.17) is 5.73 Å². The number of tetrazole rings is 1. The normalized spacial score (nSPS) is 12.6. The lowest BCUT2D eigenvalue weighted by Gasteiger charge is -2.05. The van der Waals surface area contributed by atoms with Crippen molar-refractivity contribution in [1.29, 1.82) is 0 Å². The lowest BCUT2D eigenvalue weighted by Crippen LogP contribution is -2.15. The predicted octanol–water partition coefficient (Wildman–Crippen LogP) is 1.15. The molecule has 0 saturated carbocycles. The fraction of sp³-hybridized carbons (Fsp3) is 0.364.